The number of methoxy groups -OCH3 is 3. The smallest absolute Gasteiger partial charge is 0.236 e. The summed E-state index contributed by atoms with van der Waals surface area (Å²) in [5, 5.41) is 18.9. The fraction of sp³-hybridized carbons (Fsp3) is 0.326. The summed E-state index contributed by atoms with van der Waals surface area (Å²) in [5.74, 6) is 3.83. The first-order valence-electron chi connectivity index (χ1n) is 20.8. The summed E-state index contributed by atoms with van der Waals surface area (Å²) in [5.41, 5.74) is 1.53. The van der Waals surface area contributed by atoms with E-state index < -0.39 is 9.84 Å². The van der Waals surface area contributed by atoms with Crippen LogP contribution in [0.5, 0.6) is 23.0 Å². The van der Waals surface area contributed by atoms with Crippen molar-refractivity contribution in [1.29, 1.82) is 0 Å². The molecule has 0 radical (unpaired) electrons. The van der Waals surface area contributed by atoms with Crippen LogP contribution in [0.2, 0.25) is 10.0 Å². The Hall–Kier alpha value is -6.18. The number of rotatable bonds is 19. The van der Waals surface area contributed by atoms with Crippen LogP contribution >= 0.6 is 23.2 Å². The maximum absolute atomic E-state index is 12.5. The Balaban J connectivity index is 0.000000210. The fourth-order valence-electron chi connectivity index (χ4n) is 6.00. The van der Waals surface area contributed by atoms with Gasteiger partial charge in [-0.3, -0.25) is 9.89 Å². The van der Waals surface area contributed by atoms with Gasteiger partial charge < -0.3 is 44.0 Å². The normalized spacial score (nSPS) is 11.2. The van der Waals surface area contributed by atoms with E-state index in [2.05, 4.69) is 56.7 Å². The van der Waals surface area contributed by atoms with Gasteiger partial charge in [0.2, 0.25) is 9.84 Å². The number of sulfone groups is 1. The first-order valence-corrected chi connectivity index (χ1v) is 23.2. The lowest BCUT2D eigenvalue weighted by atomic mass is 10.2. The molecule has 4 N–H and O–H groups in total. The lowest BCUT2D eigenvalue weighted by Crippen LogP contribution is -2.12. The Bertz CT molecular complexity index is 2800. The number of pyridine rings is 2. The summed E-state index contributed by atoms with van der Waals surface area (Å²) < 4.78 is 58.8. The standard InChI is InChI=1S/C22H23ClNO6S.C18H21ClN4O3.C6H11N3/c1-4-31(25,26)20-13-19(30-14-15-5-7-16(28-3)8-6-15)17-9-10-18(29-12-11-27-2)21(23)22(17)24-20;1-11(2)20-15-6-7-23(22-15)16-10-13(24)12-4-5-14(26-9-8-25-3)17(19)18(12)21-16;1-5(2)8-6-3-4-7-9-6/h5-10,13H,1,4,11-12,14H2,2-3H3;4-7,10-11H,8-9H2,1-3H3,(H,20,22)(H,21,24);3-5H,1-2H3,(H2,7,8,9)/q+1;;. The monoisotopic (exact) mass is 965 g/mol. The number of aromatic nitrogens is 6. The van der Waals surface area contributed by atoms with Gasteiger partial charge in [0.15, 0.2) is 16.2 Å². The van der Waals surface area contributed by atoms with E-state index in [1.165, 1.54) is 12.1 Å². The van der Waals surface area contributed by atoms with Gasteiger partial charge in [-0.05, 0) is 75.7 Å². The summed E-state index contributed by atoms with van der Waals surface area (Å²) in [6, 6.07) is 21.5. The third-order valence-corrected chi connectivity index (χ3v) is 11.3. The quantitative estimate of drug-likeness (QED) is 0.0443. The topological polar surface area (TPSA) is 206 Å². The highest BCUT2D eigenvalue weighted by Gasteiger charge is 2.23. The van der Waals surface area contributed by atoms with Crippen LogP contribution in [0, 0.1) is 6.92 Å². The maximum atomic E-state index is 12.5. The minimum atomic E-state index is -3.69. The number of aromatic amines is 2. The molecule has 0 saturated heterocycles. The first-order chi connectivity index (χ1) is 31.7. The Kier molecular flexibility index (Phi) is 18.8. The molecule has 4 aromatic heterocycles. The Morgan fingerprint density at radius 1 is 0.773 bits per heavy atom. The predicted octanol–water partition coefficient (Wildman–Crippen LogP) is 8.55. The third-order valence-electron chi connectivity index (χ3n) is 9.16. The summed E-state index contributed by atoms with van der Waals surface area (Å²) in [7, 11) is 1.06. The van der Waals surface area contributed by atoms with Crippen LogP contribution in [0.3, 0.4) is 0 Å². The molecular weight excluding hydrogens is 912 g/mol. The molecule has 17 nitrogen and oxygen atoms in total. The molecule has 0 aliphatic carbocycles. The average molecular weight is 967 g/mol. The number of nitrogens with zero attached hydrogens (tertiary/aromatic N) is 4. The molecule has 3 aromatic carbocycles. The highest BCUT2D eigenvalue weighted by Crippen LogP contribution is 2.38. The predicted molar refractivity (Wildman–Crippen MR) is 259 cm³/mol. The highest BCUT2D eigenvalue weighted by atomic mass is 35.5. The van der Waals surface area contributed by atoms with Crippen LogP contribution in [0.4, 0.5) is 11.6 Å². The van der Waals surface area contributed by atoms with Gasteiger partial charge in [-0.15, -0.1) is 5.10 Å². The zero-order valence-electron chi connectivity index (χ0n) is 37.8. The van der Waals surface area contributed by atoms with Crippen molar-refractivity contribution in [2.45, 2.75) is 51.4 Å². The molecule has 66 heavy (non-hydrogen) atoms. The van der Waals surface area contributed by atoms with Crippen LogP contribution in [0.25, 0.3) is 27.6 Å². The van der Waals surface area contributed by atoms with Gasteiger partial charge in [0, 0.05) is 61.5 Å². The zero-order chi connectivity index (χ0) is 47.8. The van der Waals surface area contributed by atoms with E-state index in [1.807, 2.05) is 50.2 Å². The van der Waals surface area contributed by atoms with Crippen LogP contribution < -0.4 is 35.0 Å². The van der Waals surface area contributed by atoms with E-state index in [4.69, 9.17) is 51.6 Å². The summed E-state index contributed by atoms with van der Waals surface area (Å²) >= 11 is 12.9. The van der Waals surface area contributed by atoms with E-state index in [1.54, 1.807) is 62.7 Å². The van der Waals surface area contributed by atoms with Crippen molar-refractivity contribution in [3.8, 4) is 28.8 Å². The van der Waals surface area contributed by atoms with Crippen LogP contribution in [-0.2, 0) is 25.9 Å². The minimum Gasteiger partial charge on any atom is -0.497 e. The molecular formula is C46H55Cl2N8O9S+. The van der Waals surface area contributed by atoms with Crippen molar-refractivity contribution in [3.63, 3.8) is 0 Å². The number of hydrogen-bond donors (Lipinski definition) is 4. The van der Waals surface area contributed by atoms with Crippen molar-refractivity contribution in [1.82, 2.24) is 29.9 Å². The van der Waals surface area contributed by atoms with Crippen molar-refractivity contribution in [2.75, 3.05) is 64.1 Å². The number of benzene rings is 3. The second-order valence-corrected chi connectivity index (χ2v) is 17.7. The summed E-state index contributed by atoms with van der Waals surface area (Å²) in [4.78, 5) is 19.9. The molecule has 0 fully saturated rings. The molecule has 7 aromatic rings. The summed E-state index contributed by atoms with van der Waals surface area (Å²) in [6.45, 7) is 13.4. The molecule has 0 saturated carbocycles. The third kappa shape index (κ3) is 13.9. The minimum absolute atomic E-state index is 0.145. The van der Waals surface area contributed by atoms with Gasteiger partial charge in [0.25, 0.3) is 0 Å². The number of hydrogen-bond acceptors (Lipinski definition) is 14. The number of nitrogens with one attached hydrogen (secondary N) is 4. The van der Waals surface area contributed by atoms with Gasteiger partial charge in [-0.25, -0.2) is 18.1 Å². The molecule has 4 heterocycles. The largest absolute Gasteiger partial charge is 0.497 e. The second kappa shape index (κ2) is 24.4. The number of H-pyrrole nitrogens is 2. The second-order valence-electron chi connectivity index (χ2n) is 14.9. The molecule has 352 valence electrons. The highest BCUT2D eigenvalue weighted by molar-refractivity contribution is 7.91. The van der Waals surface area contributed by atoms with E-state index in [0.717, 1.165) is 22.9 Å². The molecule has 20 heteroatoms. The van der Waals surface area contributed by atoms with E-state index in [9.17, 15) is 13.2 Å². The molecule has 0 aliphatic heterocycles. The Labute approximate surface area is 393 Å². The van der Waals surface area contributed by atoms with E-state index in [0.29, 0.717) is 76.8 Å². The Morgan fingerprint density at radius 2 is 1.42 bits per heavy atom. The number of fused-ring (bicyclic) bond motifs is 2. The molecule has 0 amide bonds. The molecule has 0 unspecified atom stereocenters. The number of anilines is 2. The van der Waals surface area contributed by atoms with E-state index in [-0.39, 0.29) is 39.4 Å². The molecule has 0 bridgehead atoms. The van der Waals surface area contributed by atoms with Crippen molar-refractivity contribution in [3.05, 3.63) is 118 Å². The van der Waals surface area contributed by atoms with Crippen molar-refractivity contribution >= 4 is 66.5 Å². The first kappa shape index (κ1) is 50.8. The van der Waals surface area contributed by atoms with Gasteiger partial charge in [0.05, 0.1) is 44.5 Å². The molecule has 0 aliphatic rings. The average Bonchev–Trinajstić information content (AvgIpc) is 4.00. The lowest BCUT2D eigenvalue weighted by Gasteiger charge is -2.14. The molecule has 0 atom stereocenters. The SMILES string of the molecule is CC(C)Nc1ccn[nH]1.COCCOc1ccc2c(=O)cc(-n3ccc(NC(C)C)n3)[nH]c2c1Cl.[CH2+]CS(=O)(=O)c1cc(OCc2ccc(OC)cc2)c2ccc(OCCOC)c(Cl)c2n1. The van der Waals surface area contributed by atoms with Crippen LogP contribution in [0.15, 0.2) is 95.0 Å². The fourth-order valence-corrected chi connectivity index (χ4v) is 7.25. The number of ether oxygens (including phenoxy) is 6. The lowest BCUT2D eigenvalue weighted by molar-refractivity contribution is 0.146. The van der Waals surface area contributed by atoms with Crippen LogP contribution in [0.1, 0.15) is 33.3 Å². The van der Waals surface area contributed by atoms with Gasteiger partial charge >= 0.3 is 0 Å². The van der Waals surface area contributed by atoms with Crippen LogP contribution in [-0.4, -0.2) is 104 Å². The maximum Gasteiger partial charge on any atom is 0.236 e. The zero-order valence-corrected chi connectivity index (χ0v) is 40.1. The Morgan fingerprint density at radius 3 is 2.02 bits per heavy atom. The molecule has 7 rings (SSSR count). The van der Waals surface area contributed by atoms with Gasteiger partial charge in [-0.1, -0.05) is 35.3 Å². The van der Waals surface area contributed by atoms with Gasteiger partial charge in [-0.2, -0.15) is 5.10 Å². The van der Waals surface area contributed by atoms with Crippen molar-refractivity contribution < 1.29 is 36.8 Å². The van der Waals surface area contributed by atoms with Crippen molar-refractivity contribution in [2.24, 2.45) is 0 Å². The number of halogens is 2. The molecule has 0 spiro atoms. The van der Waals surface area contributed by atoms with Gasteiger partial charge in [0.1, 0.15) is 70.3 Å². The summed E-state index contributed by atoms with van der Waals surface area (Å²) in [6.07, 6.45) is 3.50. The van der Waals surface area contributed by atoms with E-state index >= 15 is 0 Å².